The second kappa shape index (κ2) is 11.2. The molecule has 1 aromatic carbocycles. The molecule has 1 amide bonds. The summed E-state index contributed by atoms with van der Waals surface area (Å²) in [6.07, 6.45) is 5.24. The van der Waals surface area contributed by atoms with E-state index in [0.717, 1.165) is 68.3 Å². The number of pyridine rings is 2. The van der Waals surface area contributed by atoms with Gasteiger partial charge in [0.25, 0.3) is 5.91 Å². The minimum atomic E-state index is -0.0765. The number of nitrogens with zero attached hydrogens (tertiary/aromatic N) is 6. The van der Waals surface area contributed by atoms with Crippen molar-refractivity contribution in [3.05, 3.63) is 95.1 Å². The van der Waals surface area contributed by atoms with Crippen LogP contribution in [-0.4, -0.2) is 70.4 Å². The zero-order chi connectivity index (χ0) is 26.8. The first-order valence-electron chi connectivity index (χ1n) is 14.0. The number of imidazole rings is 1. The van der Waals surface area contributed by atoms with Gasteiger partial charge >= 0.3 is 0 Å². The summed E-state index contributed by atoms with van der Waals surface area (Å²) >= 11 is 0. The summed E-state index contributed by atoms with van der Waals surface area (Å²) in [4.78, 5) is 30.1. The van der Waals surface area contributed by atoms with E-state index in [1.165, 1.54) is 11.3 Å². The number of nitrogens with one attached hydrogen (secondary N) is 1. The van der Waals surface area contributed by atoms with Crippen LogP contribution in [0, 0.1) is 0 Å². The van der Waals surface area contributed by atoms with E-state index < -0.39 is 0 Å². The summed E-state index contributed by atoms with van der Waals surface area (Å²) in [6.45, 7) is 5.06. The number of aromatic nitrogens is 3. The van der Waals surface area contributed by atoms with Crippen LogP contribution in [0.4, 0.5) is 5.82 Å². The number of hydrogen-bond donors (Lipinski definition) is 1. The molecule has 1 fully saturated rings. The molecular formula is C31H37N7O. The van der Waals surface area contributed by atoms with Crippen LogP contribution in [0.1, 0.15) is 51.9 Å². The van der Waals surface area contributed by atoms with Gasteiger partial charge in [-0.15, -0.1) is 0 Å². The molecule has 202 valence electrons. The Morgan fingerprint density at radius 3 is 2.67 bits per heavy atom. The molecule has 6 rings (SSSR count). The van der Waals surface area contributed by atoms with Gasteiger partial charge in [-0.25, -0.2) is 4.98 Å². The van der Waals surface area contributed by atoms with Gasteiger partial charge in [0.2, 0.25) is 0 Å². The molecule has 1 aliphatic carbocycles. The number of amides is 1. The number of fused-ring (bicyclic) bond motifs is 2. The molecule has 0 spiro atoms. The predicted octanol–water partition coefficient (Wildman–Crippen LogP) is 3.92. The number of piperazine rings is 1. The van der Waals surface area contributed by atoms with E-state index in [-0.39, 0.29) is 11.9 Å². The largest absolute Gasteiger partial charge is 0.355 e. The molecule has 0 saturated carbocycles. The fraction of sp³-hybridized carbons (Fsp3) is 0.387. The van der Waals surface area contributed by atoms with Crippen molar-refractivity contribution >= 4 is 17.4 Å². The molecular weight excluding hydrogens is 486 g/mol. The zero-order valence-electron chi connectivity index (χ0n) is 22.9. The van der Waals surface area contributed by atoms with Gasteiger partial charge < -0.3 is 15.1 Å². The first-order chi connectivity index (χ1) is 19.1. The molecule has 4 aromatic rings. The standard InChI is InChI=1S/C31H37N7O/c1-35-17-19-37(20-18-35)29-15-7-14-28-34-25(22-36(2)26-13-6-11-23-12-8-16-32-30(23)26)27(38(28)29)21-33-31(39)24-9-4-3-5-10-24/h3-5,7-10,12,14-16,26H,6,11,13,17-22H2,1-2H3,(H,33,39)/t26-/m0/s1. The van der Waals surface area contributed by atoms with Crippen molar-refractivity contribution in [2.24, 2.45) is 0 Å². The van der Waals surface area contributed by atoms with Gasteiger partial charge in [0.1, 0.15) is 11.5 Å². The molecule has 39 heavy (non-hydrogen) atoms. The predicted molar refractivity (Wildman–Crippen MR) is 154 cm³/mol. The zero-order valence-corrected chi connectivity index (χ0v) is 22.9. The van der Waals surface area contributed by atoms with Crippen LogP contribution < -0.4 is 10.2 Å². The van der Waals surface area contributed by atoms with E-state index in [9.17, 15) is 4.79 Å². The molecule has 0 radical (unpaired) electrons. The van der Waals surface area contributed by atoms with Crippen LogP contribution in [-0.2, 0) is 19.5 Å². The van der Waals surface area contributed by atoms with E-state index in [1.54, 1.807) is 0 Å². The minimum Gasteiger partial charge on any atom is -0.355 e. The van der Waals surface area contributed by atoms with E-state index >= 15 is 0 Å². The highest BCUT2D eigenvalue weighted by molar-refractivity contribution is 5.94. The number of rotatable bonds is 7. The van der Waals surface area contributed by atoms with Crippen LogP contribution in [0.5, 0.6) is 0 Å². The molecule has 8 nitrogen and oxygen atoms in total. The summed E-state index contributed by atoms with van der Waals surface area (Å²) in [5.41, 5.74) is 6.15. The first kappa shape index (κ1) is 25.5. The van der Waals surface area contributed by atoms with Crippen LogP contribution in [0.25, 0.3) is 5.65 Å². The Morgan fingerprint density at radius 2 is 1.85 bits per heavy atom. The molecule has 4 heterocycles. The minimum absolute atomic E-state index is 0.0765. The molecule has 1 aliphatic heterocycles. The SMILES string of the molecule is CN1CCN(c2cccc3nc(CN(C)[C@H]4CCCc5cccnc54)c(CNC(=O)c4ccccc4)n23)CC1. The van der Waals surface area contributed by atoms with E-state index in [0.29, 0.717) is 18.7 Å². The second-order valence-electron chi connectivity index (χ2n) is 10.8. The molecule has 8 heteroatoms. The van der Waals surface area contributed by atoms with Crippen molar-refractivity contribution in [3.63, 3.8) is 0 Å². The lowest BCUT2D eigenvalue weighted by Gasteiger charge is -2.34. The maximum atomic E-state index is 13.0. The Morgan fingerprint density at radius 1 is 1.03 bits per heavy atom. The van der Waals surface area contributed by atoms with E-state index in [4.69, 9.17) is 9.97 Å². The molecule has 0 unspecified atom stereocenters. The monoisotopic (exact) mass is 523 g/mol. The molecule has 1 atom stereocenters. The van der Waals surface area contributed by atoms with Crippen molar-refractivity contribution in [1.82, 2.24) is 29.5 Å². The van der Waals surface area contributed by atoms with Crippen LogP contribution in [0.15, 0.2) is 66.9 Å². The van der Waals surface area contributed by atoms with Crippen molar-refractivity contribution < 1.29 is 4.79 Å². The third-order valence-electron chi connectivity index (χ3n) is 8.18. The number of hydrogen-bond acceptors (Lipinski definition) is 6. The molecule has 2 aliphatic rings. The fourth-order valence-electron chi connectivity index (χ4n) is 5.99. The molecule has 0 bridgehead atoms. The van der Waals surface area contributed by atoms with Gasteiger partial charge in [0, 0.05) is 44.5 Å². The van der Waals surface area contributed by atoms with Crippen molar-refractivity contribution in [3.8, 4) is 0 Å². The Balaban J connectivity index is 1.35. The summed E-state index contributed by atoms with van der Waals surface area (Å²) < 4.78 is 2.26. The van der Waals surface area contributed by atoms with Crippen molar-refractivity contribution in [2.45, 2.75) is 38.4 Å². The highest BCUT2D eigenvalue weighted by Crippen LogP contribution is 2.33. The van der Waals surface area contributed by atoms with Crippen LogP contribution in [0.2, 0.25) is 0 Å². The topological polar surface area (TPSA) is 69.0 Å². The lowest BCUT2D eigenvalue weighted by Crippen LogP contribution is -2.45. The normalized spacial score (nSPS) is 17.9. The molecule has 3 aromatic heterocycles. The number of likely N-dealkylation sites (N-methyl/N-ethyl adjacent to an activating group) is 1. The Labute approximate surface area is 230 Å². The number of aryl methyl sites for hydroxylation is 1. The number of benzene rings is 1. The maximum absolute atomic E-state index is 13.0. The van der Waals surface area contributed by atoms with Gasteiger partial charge in [0.15, 0.2) is 0 Å². The maximum Gasteiger partial charge on any atom is 0.251 e. The van der Waals surface area contributed by atoms with Crippen LogP contribution in [0.3, 0.4) is 0 Å². The second-order valence-corrected chi connectivity index (χ2v) is 10.8. The van der Waals surface area contributed by atoms with Gasteiger partial charge in [-0.2, -0.15) is 0 Å². The highest BCUT2D eigenvalue weighted by Gasteiger charge is 2.27. The van der Waals surface area contributed by atoms with Gasteiger partial charge in [-0.05, 0) is 69.3 Å². The highest BCUT2D eigenvalue weighted by atomic mass is 16.1. The van der Waals surface area contributed by atoms with Crippen molar-refractivity contribution in [2.75, 3.05) is 45.2 Å². The summed E-state index contributed by atoms with van der Waals surface area (Å²) in [7, 11) is 4.35. The fourth-order valence-corrected chi connectivity index (χ4v) is 5.99. The Bertz CT molecular complexity index is 1440. The smallest absolute Gasteiger partial charge is 0.251 e. The average molecular weight is 524 g/mol. The summed E-state index contributed by atoms with van der Waals surface area (Å²) in [6, 6.07) is 20.3. The summed E-state index contributed by atoms with van der Waals surface area (Å²) in [5, 5.41) is 3.18. The number of carbonyl (C=O) groups is 1. The quantitative estimate of drug-likeness (QED) is 0.396. The van der Waals surface area contributed by atoms with Gasteiger partial charge in [-0.1, -0.05) is 30.3 Å². The molecule has 1 N–H and O–H groups in total. The summed E-state index contributed by atoms with van der Waals surface area (Å²) in [5.74, 6) is 1.06. The lowest BCUT2D eigenvalue weighted by atomic mass is 9.91. The molecule has 1 saturated heterocycles. The Hall–Kier alpha value is -3.75. The average Bonchev–Trinajstić information content (AvgIpc) is 3.33. The van der Waals surface area contributed by atoms with E-state index in [1.807, 2.05) is 42.6 Å². The lowest BCUT2D eigenvalue weighted by molar-refractivity contribution is 0.0950. The Kier molecular flexibility index (Phi) is 7.30. The van der Waals surface area contributed by atoms with E-state index in [2.05, 4.69) is 62.8 Å². The van der Waals surface area contributed by atoms with Crippen molar-refractivity contribution in [1.29, 1.82) is 0 Å². The number of anilines is 1. The third kappa shape index (κ3) is 5.27. The van der Waals surface area contributed by atoms with Gasteiger partial charge in [0.05, 0.1) is 29.7 Å². The number of carbonyl (C=O) groups excluding carboxylic acids is 1. The first-order valence-corrected chi connectivity index (χ1v) is 14.0. The van der Waals surface area contributed by atoms with Gasteiger partial charge in [-0.3, -0.25) is 19.1 Å². The third-order valence-corrected chi connectivity index (χ3v) is 8.18. The van der Waals surface area contributed by atoms with Crippen LogP contribution >= 0.6 is 0 Å².